The average molecular weight is 244 g/mol. The molecular weight excluding hydrogens is 228 g/mol. The Hall–Kier alpha value is -2.10. The highest BCUT2D eigenvalue weighted by atomic mass is 16.5. The van der Waals surface area contributed by atoms with Crippen molar-refractivity contribution >= 4 is 16.8 Å². The second-order valence-electron chi connectivity index (χ2n) is 3.99. The molecule has 0 fully saturated rings. The van der Waals surface area contributed by atoms with E-state index >= 15 is 0 Å². The van der Waals surface area contributed by atoms with E-state index in [0.29, 0.717) is 19.4 Å². The molecule has 1 N–H and O–H groups in total. The minimum Gasteiger partial charge on any atom is -0.492 e. The number of aromatic nitrogens is 1. The molecule has 1 aromatic carbocycles. The van der Waals surface area contributed by atoms with Crippen molar-refractivity contribution in [3.8, 4) is 5.75 Å². The van der Waals surface area contributed by atoms with Crippen LogP contribution in [0.25, 0.3) is 10.9 Å². The molecule has 1 aromatic heterocycles. The number of rotatable bonds is 5. The summed E-state index contributed by atoms with van der Waals surface area (Å²) in [5, 5.41) is 3.64. The maximum atomic E-state index is 11.0. The molecular formula is C14H16N2O2. The number of carbonyl (C=O) groups is 1. The van der Waals surface area contributed by atoms with Gasteiger partial charge in [0.15, 0.2) is 0 Å². The summed E-state index contributed by atoms with van der Waals surface area (Å²) in [6, 6.07) is 9.85. The van der Waals surface area contributed by atoms with E-state index in [0.717, 1.165) is 16.7 Å². The normalized spacial score (nSPS) is 10.3. The van der Waals surface area contributed by atoms with Crippen LogP contribution in [0.4, 0.5) is 0 Å². The summed E-state index contributed by atoms with van der Waals surface area (Å²) in [7, 11) is 1.64. The van der Waals surface area contributed by atoms with Crippen LogP contribution in [0.15, 0.2) is 36.5 Å². The van der Waals surface area contributed by atoms with Crippen LogP contribution < -0.4 is 10.1 Å². The molecule has 0 radical (unpaired) electrons. The highest BCUT2D eigenvalue weighted by Crippen LogP contribution is 2.17. The molecule has 4 heteroatoms. The van der Waals surface area contributed by atoms with E-state index in [1.165, 1.54) is 0 Å². The summed E-state index contributed by atoms with van der Waals surface area (Å²) in [4.78, 5) is 15.3. The van der Waals surface area contributed by atoms with Crippen LogP contribution in [0, 0.1) is 0 Å². The van der Waals surface area contributed by atoms with Gasteiger partial charge in [0.05, 0.1) is 18.3 Å². The quantitative estimate of drug-likeness (QED) is 0.820. The number of nitrogens with one attached hydrogen (secondary N) is 1. The number of ether oxygens (including phenoxy) is 1. The first-order valence-corrected chi connectivity index (χ1v) is 5.98. The third-order valence-corrected chi connectivity index (χ3v) is 2.66. The lowest BCUT2D eigenvalue weighted by atomic mass is 10.2. The van der Waals surface area contributed by atoms with Gasteiger partial charge in [-0.2, -0.15) is 0 Å². The molecule has 4 nitrogen and oxygen atoms in total. The van der Waals surface area contributed by atoms with E-state index < -0.39 is 0 Å². The number of benzene rings is 1. The Labute approximate surface area is 106 Å². The molecule has 0 bridgehead atoms. The molecule has 0 aliphatic rings. The average Bonchev–Trinajstić information content (AvgIpc) is 2.43. The minimum atomic E-state index is 0.0373. The van der Waals surface area contributed by atoms with Crippen molar-refractivity contribution in [2.24, 2.45) is 0 Å². The molecule has 0 aliphatic heterocycles. The second kappa shape index (κ2) is 6.00. The number of hydrogen-bond donors (Lipinski definition) is 1. The van der Waals surface area contributed by atoms with Gasteiger partial charge in [0.2, 0.25) is 5.91 Å². The van der Waals surface area contributed by atoms with E-state index in [4.69, 9.17) is 4.74 Å². The van der Waals surface area contributed by atoms with Crippen LogP contribution in [0.3, 0.4) is 0 Å². The van der Waals surface area contributed by atoms with Crippen LogP contribution in [0.5, 0.6) is 5.75 Å². The third kappa shape index (κ3) is 3.20. The third-order valence-electron chi connectivity index (χ3n) is 2.66. The van der Waals surface area contributed by atoms with E-state index in [1.807, 2.05) is 30.3 Å². The summed E-state index contributed by atoms with van der Waals surface area (Å²) in [5.41, 5.74) is 0.954. The molecule has 2 rings (SSSR count). The van der Waals surface area contributed by atoms with Gasteiger partial charge >= 0.3 is 0 Å². The molecule has 1 heterocycles. The Balaban J connectivity index is 1.90. The zero-order valence-electron chi connectivity index (χ0n) is 10.3. The number of carbonyl (C=O) groups excluding carboxylic acids is 1. The lowest BCUT2D eigenvalue weighted by molar-refractivity contribution is -0.120. The molecule has 0 aliphatic carbocycles. The van der Waals surface area contributed by atoms with Crippen LogP contribution in [-0.2, 0) is 4.79 Å². The fourth-order valence-corrected chi connectivity index (χ4v) is 1.68. The molecule has 0 spiro atoms. The number of pyridine rings is 1. The topological polar surface area (TPSA) is 51.2 Å². The van der Waals surface area contributed by atoms with Gasteiger partial charge in [0, 0.05) is 18.9 Å². The molecule has 1 amide bonds. The first-order valence-electron chi connectivity index (χ1n) is 5.98. The van der Waals surface area contributed by atoms with Crippen molar-refractivity contribution in [1.82, 2.24) is 10.3 Å². The van der Waals surface area contributed by atoms with E-state index in [-0.39, 0.29) is 5.91 Å². The van der Waals surface area contributed by atoms with Crippen molar-refractivity contribution in [1.29, 1.82) is 0 Å². The zero-order valence-corrected chi connectivity index (χ0v) is 10.3. The summed E-state index contributed by atoms with van der Waals surface area (Å²) in [5.74, 6) is 0.779. The molecule has 0 atom stereocenters. The van der Waals surface area contributed by atoms with Gasteiger partial charge in [-0.15, -0.1) is 0 Å². The fraction of sp³-hybridized carbons (Fsp3) is 0.286. The highest BCUT2D eigenvalue weighted by Gasteiger charge is 2.00. The summed E-state index contributed by atoms with van der Waals surface area (Å²) in [6.45, 7) is 0.521. The van der Waals surface area contributed by atoms with Gasteiger partial charge in [0.25, 0.3) is 0 Å². The number of amides is 1. The Morgan fingerprint density at radius 2 is 2.22 bits per heavy atom. The van der Waals surface area contributed by atoms with Crippen LogP contribution in [0.1, 0.15) is 12.8 Å². The SMILES string of the molecule is CNC(=O)CCCOc1cnc2ccccc2c1. The Kier molecular flexibility index (Phi) is 4.12. The van der Waals surface area contributed by atoms with Gasteiger partial charge < -0.3 is 10.1 Å². The summed E-state index contributed by atoms with van der Waals surface area (Å²) in [6.07, 6.45) is 2.90. The van der Waals surface area contributed by atoms with Crippen molar-refractivity contribution in [2.45, 2.75) is 12.8 Å². The maximum absolute atomic E-state index is 11.0. The van der Waals surface area contributed by atoms with E-state index in [2.05, 4.69) is 10.3 Å². The smallest absolute Gasteiger partial charge is 0.219 e. The van der Waals surface area contributed by atoms with Gasteiger partial charge in [-0.25, -0.2) is 0 Å². The van der Waals surface area contributed by atoms with Crippen LogP contribution in [-0.4, -0.2) is 24.5 Å². The predicted octanol–water partition coefficient (Wildman–Crippen LogP) is 2.14. The standard InChI is InChI=1S/C14H16N2O2/c1-15-14(17)7-4-8-18-12-9-11-5-2-3-6-13(11)16-10-12/h2-3,5-6,9-10H,4,7-8H2,1H3,(H,15,17). The first-order chi connectivity index (χ1) is 8.79. The number of nitrogens with zero attached hydrogens (tertiary/aromatic N) is 1. The first kappa shape index (κ1) is 12.4. The molecule has 0 unspecified atom stereocenters. The zero-order chi connectivity index (χ0) is 12.8. The minimum absolute atomic E-state index is 0.0373. The molecule has 2 aromatic rings. The van der Waals surface area contributed by atoms with Crippen LogP contribution in [0.2, 0.25) is 0 Å². The fourth-order valence-electron chi connectivity index (χ4n) is 1.68. The summed E-state index contributed by atoms with van der Waals surface area (Å²) >= 11 is 0. The molecule has 0 saturated carbocycles. The van der Waals surface area contributed by atoms with Gasteiger partial charge in [-0.3, -0.25) is 9.78 Å². The highest BCUT2D eigenvalue weighted by molar-refractivity contribution is 5.79. The van der Waals surface area contributed by atoms with Crippen molar-refractivity contribution < 1.29 is 9.53 Å². The number of hydrogen-bond acceptors (Lipinski definition) is 3. The van der Waals surface area contributed by atoms with E-state index in [1.54, 1.807) is 13.2 Å². The van der Waals surface area contributed by atoms with Crippen molar-refractivity contribution in [3.63, 3.8) is 0 Å². The largest absolute Gasteiger partial charge is 0.492 e. The lowest BCUT2D eigenvalue weighted by Gasteiger charge is -2.06. The number of fused-ring (bicyclic) bond motifs is 1. The molecule has 94 valence electrons. The van der Waals surface area contributed by atoms with E-state index in [9.17, 15) is 4.79 Å². The molecule has 18 heavy (non-hydrogen) atoms. The monoisotopic (exact) mass is 244 g/mol. The van der Waals surface area contributed by atoms with Crippen molar-refractivity contribution in [2.75, 3.05) is 13.7 Å². The van der Waals surface area contributed by atoms with Crippen molar-refractivity contribution in [3.05, 3.63) is 36.5 Å². The Morgan fingerprint density at radius 3 is 3.06 bits per heavy atom. The Morgan fingerprint density at radius 1 is 1.39 bits per heavy atom. The molecule has 0 saturated heterocycles. The van der Waals surface area contributed by atoms with Gasteiger partial charge in [-0.1, -0.05) is 18.2 Å². The predicted molar refractivity (Wildman–Crippen MR) is 70.5 cm³/mol. The van der Waals surface area contributed by atoms with Crippen LogP contribution >= 0.6 is 0 Å². The summed E-state index contributed by atoms with van der Waals surface area (Å²) < 4.78 is 5.57. The Bertz CT molecular complexity index is 540. The second-order valence-corrected chi connectivity index (χ2v) is 3.99. The van der Waals surface area contributed by atoms with Gasteiger partial charge in [0.1, 0.15) is 5.75 Å². The number of para-hydroxylation sites is 1. The van der Waals surface area contributed by atoms with Gasteiger partial charge in [-0.05, 0) is 18.6 Å². The maximum Gasteiger partial charge on any atom is 0.219 e. The lowest BCUT2D eigenvalue weighted by Crippen LogP contribution is -2.18.